The Labute approximate surface area is 144 Å². The maximum absolute atomic E-state index is 5.52. The molecule has 0 radical (unpaired) electrons. The van der Waals surface area contributed by atoms with Crippen LogP contribution in [0.4, 0.5) is 0 Å². The molecule has 1 aromatic carbocycles. The van der Waals surface area contributed by atoms with Crippen LogP contribution in [0.25, 0.3) is 27.8 Å². The number of rotatable bonds is 3. The Bertz CT molecular complexity index is 978. The zero-order valence-electron chi connectivity index (χ0n) is 13.8. The van der Waals surface area contributed by atoms with Crippen molar-refractivity contribution in [2.45, 2.75) is 20.8 Å². The van der Waals surface area contributed by atoms with E-state index in [4.69, 9.17) is 4.52 Å². The Balaban J connectivity index is 1.82. The third-order valence-corrected chi connectivity index (χ3v) is 5.37. The zero-order chi connectivity index (χ0) is 16.7. The van der Waals surface area contributed by atoms with Crippen LogP contribution in [0.15, 0.2) is 53.3 Å². The van der Waals surface area contributed by atoms with Gasteiger partial charge in [-0.25, -0.2) is 0 Å². The van der Waals surface area contributed by atoms with E-state index in [1.807, 2.05) is 48.8 Å². The quantitative estimate of drug-likeness (QED) is 0.518. The van der Waals surface area contributed by atoms with Gasteiger partial charge >= 0.3 is 0 Å². The fourth-order valence-corrected chi connectivity index (χ4v) is 3.78. The van der Waals surface area contributed by atoms with Crippen molar-refractivity contribution in [2.75, 3.05) is 0 Å². The lowest BCUT2D eigenvalue weighted by molar-refractivity contribution is 0.432. The van der Waals surface area contributed by atoms with Crippen LogP contribution in [-0.2, 0) is 0 Å². The average molecular weight is 335 g/mol. The van der Waals surface area contributed by atoms with Gasteiger partial charge in [-0.2, -0.15) is 4.98 Å². The smallest absolute Gasteiger partial charge is 0.258 e. The van der Waals surface area contributed by atoms with E-state index in [9.17, 15) is 0 Å². The number of thiophene rings is 1. The predicted molar refractivity (Wildman–Crippen MR) is 96.6 cm³/mol. The lowest BCUT2D eigenvalue weighted by atomic mass is 10.1. The van der Waals surface area contributed by atoms with Gasteiger partial charge in [0.25, 0.3) is 5.89 Å². The average Bonchev–Trinajstić information content (AvgIpc) is 3.30. The van der Waals surface area contributed by atoms with Crippen molar-refractivity contribution in [3.8, 4) is 27.8 Å². The maximum Gasteiger partial charge on any atom is 0.258 e. The highest BCUT2D eigenvalue weighted by Crippen LogP contribution is 2.38. The molecule has 4 nitrogen and oxygen atoms in total. The number of aryl methyl sites for hydroxylation is 2. The summed E-state index contributed by atoms with van der Waals surface area (Å²) in [5.41, 5.74) is 4.37. The van der Waals surface area contributed by atoms with Gasteiger partial charge in [0.05, 0.1) is 5.56 Å². The van der Waals surface area contributed by atoms with Crippen molar-refractivity contribution in [1.82, 2.24) is 14.7 Å². The van der Waals surface area contributed by atoms with E-state index in [-0.39, 0.29) is 0 Å². The molecule has 0 N–H and O–H groups in total. The van der Waals surface area contributed by atoms with Crippen LogP contribution in [0.3, 0.4) is 0 Å². The summed E-state index contributed by atoms with van der Waals surface area (Å²) in [4.78, 5) is 5.90. The van der Waals surface area contributed by atoms with Crippen molar-refractivity contribution < 1.29 is 4.52 Å². The van der Waals surface area contributed by atoms with Gasteiger partial charge < -0.3 is 9.09 Å². The molecule has 0 aliphatic heterocycles. The Kier molecular flexibility index (Phi) is 3.58. The maximum atomic E-state index is 5.52. The summed E-state index contributed by atoms with van der Waals surface area (Å²) in [6.45, 7) is 6.29. The lowest BCUT2D eigenvalue weighted by Crippen LogP contribution is -1.91. The van der Waals surface area contributed by atoms with Gasteiger partial charge in [0, 0.05) is 22.8 Å². The first-order valence-corrected chi connectivity index (χ1v) is 8.59. The van der Waals surface area contributed by atoms with Crippen LogP contribution >= 0.6 is 11.3 Å². The van der Waals surface area contributed by atoms with Crippen LogP contribution in [-0.4, -0.2) is 14.7 Å². The minimum Gasteiger partial charge on any atom is -0.334 e. The molecule has 24 heavy (non-hydrogen) atoms. The van der Waals surface area contributed by atoms with E-state index in [1.165, 1.54) is 16.0 Å². The van der Waals surface area contributed by atoms with Crippen LogP contribution in [0.1, 0.15) is 16.0 Å². The highest BCUT2D eigenvalue weighted by molar-refractivity contribution is 7.15. The summed E-state index contributed by atoms with van der Waals surface area (Å²) < 4.78 is 7.61. The summed E-state index contributed by atoms with van der Waals surface area (Å²) in [6, 6.07) is 12.1. The molecular formula is C19H17N3OS. The molecule has 5 heteroatoms. The Morgan fingerprint density at radius 2 is 1.71 bits per heavy atom. The van der Waals surface area contributed by atoms with Crippen LogP contribution in [0.5, 0.6) is 0 Å². The summed E-state index contributed by atoms with van der Waals surface area (Å²) in [5, 5.41) is 5.35. The monoisotopic (exact) mass is 335 g/mol. The Morgan fingerprint density at radius 1 is 1.00 bits per heavy atom. The third-order valence-electron chi connectivity index (χ3n) is 4.15. The molecule has 0 saturated heterocycles. The van der Waals surface area contributed by atoms with Crippen molar-refractivity contribution in [3.63, 3.8) is 0 Å². The van der Waals surface area contributed by atoms with Gasteiger partial charge in [-0.3, -0.25) is 0 Å². The van der Waals surface area contributed by atoms with Gasteiger partial charge in [-0.15, -0.1) is 11.3 Å². The second-order valence-electron chi connectivity index (χ2n) is 5.84. The van der Waals surface area contributed by atoms with Crippen LogP contribution in [0.2, 0.25) is 0 Å². The molecule has 0 saturated carbocycles. The predicted octanol–water partition coefficient (Wildman–Crippen LogP) is 5.18. The fraction of sp³-hybridized carbons (Fsp3) is 0.158. The van der Waals surface area contributed by atoms with Crippen molar-refractivity contribution in [2.24, 2.45) is 0 Å². The molecule has 0 amide bonds. The minimum absolute atomic E-state index is 0.548. The van der Waals surface area contributed by atoms with E-state index < -0.39 is 0 Å². The molecule has 120 valence electrons. The zero-order valence-corrected chi connectivity index (χ0v) is 14.6. The molecule has 0 bridgehead atoms. The molecule has 0 fully saturated rings. The van der Waals surface area contributed by atoms with E-state index in [1.54, 1.807) is 11.3 Å². The van der Waals surface area contributed by atoms with E-state index in [0.717, 1.165) is 16.1 Å². The molecule has 0 aliphatic rings. The first kappa shape index (κ1) is 14.9. The van der Waals surface area contributed by atoms with Crippen molar-refractivity contribution >= 4 is 11.3 Å². The normalized spacial score (nSPS) is 11.1. The van der Waals surface area contributed by atoms with Crippen LogP contribution in [0, 0.1) is 20.8 Å². The van der Waals surface area contributed by atoms with Gasteiger partial charge in [0.1, 0.15) is 5.00 Å². The van der Waals surface area contributed by atoms with E-state index >= 15 is 0 Å². The first-order valence-electron chi connectivity index (χ1n) is 7.78. The number of nitrogens with zero attached hydrogens (tertiary/aromatic N) is 3. The van der Waals surface area contributed by atoms with Gasteiger partial charge in [0.2, 0.25) is 5.82 Å². The molecule has 0 unspecified atom stereocenters. The number of hydrogen-bond acceptors (Lipinski definition) is 4. The SMILES string of the molecule is Cc1ccc(-c2nc(-c3c(-n4cccc4)sc(C)c3C)no2)cc1. The van der Waals surface area contributed by atoms with E-state index in [2.05, 4.69) is 35.5 Å². The van der Waals surface area contributed by atoms with Gasteiger partial charge in [-0.1, -0.05) is 22.9 Å². The standard InChI is InChI=1S/C19H17N3OS/c1-12-6-8-15(9-7-12)18-20-17(21-23-18)16-13(2)14(3)24-19(16)22-10-4-5-11-22/h4-11H,1-3H3. The molecule has 4 rings (SSSR count). The minimum atomic E-state index is 0.548. The second-order valence-corrected chi connectivity index (χ2v) is 7.05. The Morgan fingerprint density at radius 3 is 2.42 bits per heavy atom. The molecule has 4 aromatic rings. The molecule has 0 aliphatic carbocycles. The molecule has 3 aromatic heterocycles. The highest BCUT2D eigenvalue weighted by Gasteiger charge is 2.20. The van der Waals surface area contributed by atoms with Gasteiger partial charge in [-0.05, 0) is 50.6 Å². The molecule has 0 atom stereocenters. The van der Waals surface area contributed by atoms with Crippen molar-refractivity contribution in [3.05, 3.63) is 64.8 Å². The summed E-state index contributed by atoms with van der Waals surface area (Å²) >= 11 is 1.74. The number of benzene rings is 1. The summed E-state index contributed by atoms with van der Waals surface area (Å²) in [6.07, 6.45) is 4.07. The molecule has 3 heterocycles. The van der Waals surface area contributed by atoms with Gasteiger partial charge in [0.15, 0.2) is 0 Å². The highest BCUT2D eigenvalue weighted by atomic mass is 32.1. The fourth-order valence-electron chi connectivity index (χ4n) is 2.66. The summed E-state index contributed by atoms with van der Waals surface area (Å²) in [5.74, 6) is 1.18. The lowest BCUT2D eigenvalue weighted by Gasteiger charge is -2.02. The third kappa shape index (κ3) is 2.47. The summed E-state index contributed by atoms with van der Waals surface area (Å²) in [7, 11) is 0. The molecular weight excluding hydrogens is 318 g/mol. The topological polar surface area (TPSA) is 43.9 Å². The first-order chi connectivity index (χ1) is 11.6. The van der Waals surface area contributed by atoms with E-state index in [0.29, 0.717) is 11.7 Å². The Hall–Kier alpha value is -2.66. The molecule has 0 spiro atoms. The van der Waals surface area contributed by atoms with Crippen molar-refractivity contribution in [1.29, 1.82) is 0 Å². The number of aromatic nitrogens is 3. The number of hydrogen-bond donors (Lipinski definition) is 0. The van der Waals surface area contributed by atoms with Crippen LogP contribution < -0.4 is 0 Å². The second kappa shape index (κ2) is 5.76. The largest absolute Gasteiger partial charge is 0.334 e.